The largest absolute Gasteiger partial charge is 0.481 e. The van der Waals surface area contributed by atoms with E-state index >= 15 is 0 Å². The van der Waals surface area contributed by atoms with Crippen molar-refractivity contribution in [3.05, 3.63) is 30.1 Å². The van der Waals surface area contributed by atoms with E-state index in [4.69, 9.17) is 4.74 Å². The Labute approximate surface area is 88.1 Å². The van der Waals surface area contributed by atoms with E-state index in [1.54, 1.807) is 6.07 Å². The SMILES string of the molecule is C=CS(=O)(=O)NCc1nccc(OC)n1. The topological polar surface area (TPSA) is 81.2 Å². The first-order chi connectivity index (χ1) is 7.07. The molecule has 1 heterocycles. The van der Waals surface area contributed by atoms with Gasteiger partial charge in [-0.1, -0.05) is 6.58 Å². The highest BCUT2D eigenvalue weighted by molar-refractivity contribution is 7.92. The fraction of sp³-hybridized carbons (Fsp3) is 0.250. The van der Waals surface area contributed by atoms with Crippen molar-refractivity contribution in [2.45, 2.75) is 6.54 Å². The number of rotatable bonds is 5. The fourth-order valence-corrected chi connectivity index (χ4v) is 1.25. The fourth-order valence-electron chi connectivity index (χ4n) is 0.803. The second-order valence-electron chi connectivity index (χ2n) is 2.55. The molecule has 0 aliphatic carbocycles. The van der Waals surface area contributed by atoms with E-state index < -0.39 is 10.0 Å². The van der Waals surface area contributed by atoms with Crippen molar-refractivity contribution in [1.82, 2.24) is 14.7 Å². The van der Waals surface area contributed by atoms with Crippen molar-refractivity contribution in [2.24, 2.45) is 0 Å². The van der Waals surface area contributed by atoms with Crippen LogP contribution in [-0.4, -0.2) is 25.5 Å². The maximum atomic E-state index is 11.0. The van der Waals surface area contributed by atoms with Crippen LogP contribution in [0.25, 0.3) is 0 Å². The van der Waals surface area contributed by atoms with Crippen LogP contribution in [0.3, 0.4) is 0 Å². The smallest absolute Gasteiger partial charge is 0.233 e. The first kappa shape index (κ1) is 11.6. The Kier molecular flexibility index (Phi) is 3.75. The van der Waals surface area contributed by atoms with Crippen LogP contribution < -0.4 is 9.46 Å². The first-order valence-electron chi connectivity index (χ1n) is 4.05. The molecule has 0 unspecified atom stereocenters. The summed E-state index contributed by atoms with van der Waals surface area (Å²) in [4.78, 5) is 7.81. The normalized spacial score (nSPS) is 11.0. The molecule has 7 heteroatoms. The average Bonchev–Trinajstić information content (AvgIpc) is 2.27. The Morgan fingerprint density at radius 3 is 3.00 bits per heavy atom. The summed E-state index contributed by atoms with van der Waals surface area (Å²) in [7, 11) is -1.97. The summed E-state index contributed by atoms with van der Waals surface area (Å²) in [6, 6.07) is 1.57. The summed E-state index contributed by atoms with van der Waals surface area (Å²) in [5.74, 6) is 0.720. The molecule has 1 aromatic heterocycles. The zero-order valence-corrected chi connectivity index (χ0v) is 8.99. The van der Waals surface area contributed by atoms with Gasteiger partial charge < -0.3 is 4.74 Å². The van der Waals surface area contributed by atoms with Gasteiger partial charge in [-0.3, -0.25) is 0 Å². The van der Waals surface area contributed by atoms with Gasteiger partial charge >= 0.3 is 0 Å². The number of methoxy groups -OCH3 is 1. The molecule has 0 atom stereocenters. The number of nitrogens with zero attached hydrogens (tertiary/aromatic N) is 2. The number of nitrogens with one attached hydrogen (secondary N) is 1. The van der Waals surface area contributed by atoms with Crippen molar-refractivity contribution < 1.29 is 13.2 Å². The lowest BCUT2D eigenvalue weighted by atomic mass is 10.5. The Hall–Kier alpha value is -1.47. The summed E-state index contributed by atoms with van der Waals surface area (Å²) >= 11 is 0. The first-order valence-corrected chi connectivity index (χ1v) is 5.60. The van der Waals surface area contributed by atoms with Gasteiger partial charge in [-0.15, -0.1) is 0 Å². The van der Waals surface area contributed by atoms with Crippen molar-refractivity contribution >= 4 is 10.0 Å². The van der Waals surface area contributed by atoms with E-state index in [-0.39, 0.29) is 6.54 Å². The van der Waals surface area contributed by atoms with Gasteiger partial charge in [-0.05, 0) is 0 Å². The summed E-state index contributed by atoms with van der Waals surface area (Å²) < 4.78 is 29.1. The predicted octanol–water partition coefficient (Wildman–Crippen LogP) is 0.0481. The molecule has 0 bridgehead atoms. The second-order valence-corrected chi connectivity index (χ2v) is 4.26. The van der Waals surface area contributed by atoms with E-state index in [0.29, 0.717) is 11.7 Å². The molecule has 1 rings (SSSR count). The number of aromatic nitrogens is 2. The molecular weight excluding hydrogens is 218 g/mol. The highest BCUT2D eigenvalue weighted by Gasteiger charge is 2.05. The maximum absolute atomic E-state index is 11.0. The summed E-state index contributed by atoms with van der Waals surface area (Å²) in [5, 5.41) is 0.827. The van der Waals surface area contributed by atoms with Gasteiger partial charge in [0.2, 0.25) is 15.9 Å². The van der Waals surface area contributed by atoms with Crippen LogP contribution in [0.2, 0.25) is 0 Å². The van der Waals surface area contributed by atoms with Crippen LogP contribution in [-0.2, 0) is 16.6 Å². The summed E-state index contributed by atoms with van der Waals surface area (Å²) in [5.41, 5.74) is 0. The third-order valence-corrected chi connectivity index (χ3v) is 2.53. The molecule has 0 amide bonds. The molecule has 0 saturated carbocycles. The predicted molar refractivity (Wildman–Crippen MR) is 54.5 cm³/mol. The van der Waals surface area contributed by atoms with Crippen LogP contribution in [0.5, 0.6) is 5.88 Å². The minimum Gasteiger partial charge on any atom is -0.481 e. The molecule has 15 heavy (non-hydrogen) atoms. The van der Waals surface area contributed by atoms with Crippen LogP contribution in [0, 0.1) is 0 Å². The van der Waals surface area contributed by atoms with Crippen molar-refractivity contribution in [2.75, 3.05) is 7.11 Å². The molecule has 6 nitrogen and oxygen atoms in total. The Balaban J connectivity index is 2.69. The van der Waals surface area contributed by atoms with Crippen molar-refractivity contribution in [3.8, 4) is 5.88 Å². The lowest BCUT2D eigenvalue weighted by Gasteiger charge is -2.02. The molecule has 0 radical (unpaired) electrons. The van der Waals surface area contributed by atoms with Crippen molar-refractivity contribution in [1.29, 1.82) is 0 Å². The molecule has 0 aromatic carbocycles. The molecule has 0 saturated heterocycles. The zero-order chi connectivity index (χ0) is 11.3. The van der Waals surface area contributed by atoms with Gasteiger partial charge in [0.05, 0.1) is 13.7 Å². The molecular formula is C8H11N3O3S. The van der Waals surface area contributed by atoms with Crippen LogP contribution in [0.4, 0.5) is 0 Å². The van der Waals surface area contributed by atoms with Gasteiger partial charge in [0.15, 0.2) is 0 Å². The van der Waals surface area contributed by atoms with E-state index in [9.17, 15) is 8.42 Å². The lowest BCUT2D eigenvalue weighted by Crippen LogP contribution is -2.21. The van der Waals surface area contributed by atoms with Crippen LogP contribution >= 0.6 is 0 Å². The average molecular weight is 229 g/mol. The van der Waals surface area contributed by atoms with E-state index in [2.05, 4.69) is 21.3 Å². The zero-order valence-electron chi connectivity index (χ0n) is 8.17. The van der Waals surface area contributed by atoms with Gasteiger partial charge in [-0.2, -0.15) is 4.98 Å². The van der Waals surface area contributed by atoms with Gasteiger partial charge in [0.25, 0.3) is 0 Å². The van der Waals surface area contributed by atoms with Gasteiger partial charge in [0, 0.05) is 17.7 Å². The summed E-state index contributed by atoms with van der Waals surface area (Å²) in [6.45, 7) is 3.17. The molecule has 0 aliphatic rings. The molecule has 82 valence electrons. The molecule has 0 aliphatic heterocycles. The minimum atomic E-state index is -3.44. The monoisotopic (exact) mass is 229 g/mol. The summed E-state index contributed by atoms with van der Waals surface area (Å²) in [6.07, 6.45) is 1.49. The van der Waals surface area contributed by atoms with E-state index in [1.807, 2.05) is 0 Å². The van der Waals surface area contributed by atoms with Crippen LogP contribution in [0.15, 0.2) is 24.3 Å². The number of sulfonamides is 1. The third-order valence-electron chi connectivity index (χ3n) is 1.54. The Bertz CT molecular complexity index is 444. The molecule has 0 spiro atoms. The standard InChI is InChI=1S/C8H11N3O3S/c1-3-15(12,13)10-6-7-9-5-4-8(11-7)14-2/h3-5,10H,1,6H2,2H3. The van der Waals surface area contributed by atoms with Crippen molar-refractivity contribution in [3.63, 3.8) is 0 Å². The molecule has 0 fully saturated rings. The highest BCUT2D eigenvalue weighted by atomic mass is 32.2. The number of ether oxygens (including phenoxy) is 1. The highest BCUT2D eigenvalue weighted by Crippen LogP contribution is 2.03. The number of hydrogen-bond acceptors (Lipinski definition) is 5. The Morgan fingerprint density at radius 2 is 2.40 bits per heavy atom. The Morgan fingerprint density at radius 1 is 1.67 bits per heavy atom. The second kappa shape index (κ2) is 4.85. The van der Waals surface area contributed by atoms with Crippen LogP contribution in [0.1, 0.15) is 5.82 Å². The quantitative estimate of drug-likeness (QED) is 0.771. The maximum Gasteiger partial charge on any atom is 0.233 e. The van der Waals surface area contributed by atoms with E-state index in [1.165, 1.54) is 13.3 Å². The lowest BCUT2D eigenvalue weighted by molar-refractivity contribution is 0.394. The molecule has 1 aromatic rings. The van der Waals surface area contributed by atoms with Gasteiger partial charge in [0.1, 0.15) is 5.82 Å². The minimum absolute atomic E-state index is 0.00551. The van der Waals surface area contributed by atoms with Gasteiger partial charge in [-0.25, -0.2) is 18.1 Å². The molecule has 1 N–H and O–H groups in total. The number of hydrogen-bond donors (Lipinski definition) is 1. The van der Waals surface area contributed by atoms with E-state index in [0.717, 1.165) is 5.41 Å². The third kappa shape index (κ3) is 3.64.